The van der Waals surface area contributed by atoms with Gasteiger partial charge in [-0.05, 0) is 36.5 Å². The van der Waals surface area contributed by atoms with Crippen molar-refractivity contribution >= 4 is 12.4 Å². The summed E-state index contributed by atoms with van der Waals surface area (Å²) in [6, 6.07) is 5.70. The molecule has 0 spiro atoms. The quantitative estimate of drug-likeness (QED) is 0.911. The lowest BCUT2D eigenvalue weighted by Crippen LogP contribution is -2.17. The molecule has 1 unspecified atom stereocenters. The predicted molar refractivity (Wildman–Crippen MR) is 60.0 cm³/mol. The average molecular weight is 268 g/mol. The van der Waals surface area contributed by atoms with Crippen LogP contribution in [0.25, 0.3) is 0 Å². The Morgan fingerprint density at radius 1 is 1.18 bits per heavy atom. The molecule has 6 heteroatoms. The number of hydrogen-bond acceptors (Lipinski definition) is 2. The zero-order chi connectivity index (χ0) is 11.8. The van der Waals surface area contributed by atoms with Crippen molar-refractivity contribution in [2.75, 3.05) is 0 Å². The molecule has 1 aliphatic carbocycles. The molecular weight excluding hydrogens is 255 g/mol. The van der Waals surface area contributed by atoms with Gasteiger partial charge in [-0.15, -0.1) is 25.6 Å². The lowest BCUT2D eigenvalue weighted by molar-refractivity contribution is -0.274. The molecule has 0 radical (unpaired) electrons. The third-order valence-corrected chi connectivity index (χ3v) is 2.63. The van der Waals surface area contributed by atoms with E-state index < -0.39 is 6.36 Å². The highest BCUT2D eigenvalue weighted by Crippen LogP contribution is 2.39. The Hall–Kier alpha value is -0.940. The van der Waals surface area contributed by atoms with E-state index in [1.54, 1.807) is 12.1 Å². The Labute approximate surface area is 103 Å². The lowest BCUT2D eigenvalue weighted by atomic mass is 10.0. The Balaban J connectivity index is 0.00000144. The topological polar surface area (TPSA) is 35.2 Å². The molecule has 1 atom stereocenters. The van der Waals surface area contributed by atoms with Crippen LogP contribution < -0.4 is 10.5 Å². The normalized spacial score (nSPS) is 17.2. The summed E-state index contributed by atoms with van der Waals surface area (Å²) in [5.41, 5.74) is 6.77. The number of nitrogens with two attached hydrogens (primary N) is 1. The van der Waals surface area contributed by atoms with Crippen molar-refractivity contribution < 1.29 is 17.9 Å². The maximum Gasteiger partial charge on any atom is 0.573 e. The van der Waals surface area contributed by atoms with Gasteiger partial charge in [-0.2, -0.15) is 0 Å². The first-order valence-corrected chi connectivity index (χ1v) is 5.07. The number of rotatable bonds is 3. The first kappa shape index (κ1) is 14.1. The third-order valence-electron chi connectivity index (χ3n) is 2.63. The number of alkyl halides is 3. The van der Waals surface area contributed by atoms with E-state index in [1.165, 1.54) is 12.1 Å². The standard InChI is InChI=1S/C11H12F3NO.ClH/c12-11(13,14)16-9-5-3-8(4-6-9)10(15)7-1-2-7;/h3-7,10H,1-2,15H2;1H. The van der Waals surface area contributed by atoms with Crippen molar-refractivity contribution in [2.45, 2.75) is 25.2 Å². The van der Waals surface area contributed by atoms with Gasteiger partial charge in [0, 0.05) is 6.04 Å². The zero-order valence-corrected chi connectivity index (χ0v) is 9.72. The van der Waals surface area contributed by atoms with Gasteiger partial charge in [0.25, 0.3) is 0 Å². The van der Waals surface area contributed by atoms with Gasteiger partial charge >= 0.3 is 6.36 Å². The summed E-state index contributed by atoms with van der Waals surface area (Å²) in [6.07, 6.45) is -2.44. The number of halogens is 4. The molecule has 0 aliphatic heterocycles. The molecule has 0 bridgehead atoms. The van der Waals surface area contributed by atoms with Crippen molar-refractivity contribution in [3.8, 4) is 5.75 Å². The van der Waals surface area contributed by atoms with E-state index in [2.05, 4.69) is 4.74 Å². The second kappa shape index (κ2) is 5.14. The van der Waals surface area contributed by atoms with Crippen LogP contribution in [0.1, 0.15) is 24.4 Å². The Kier molecular flexibility index (Phi) is 4.27. The SMILES string of the molecule is Cl.NC(c1ccc(OC(F)(F)F)cc1)C1CC1. The molecule has 1 aromatic rings. The smallest absolute Gasteiger partial charge is 0.406 e. The molecule has 1 saturated carbocycles. The number of ether oxygens (including phenoxy) is 1. The van der Waals surface area contributed by atoms with Gasteiger partial charge < -0.3 is 10.5 Å². The number of hydrogen-bond donors (Lipinski definition) is 1. The van der Waals surface area contributed by atoms with E-state index in [4.69, 9.17) is 5.73 Å². The minimum absolute atomic E-state index is 0. The zero-order valence-electron chi connectivity index (χ0n) is 8.91. The van der Waals surface area contributed by atoms with E-state index in [-0.39, 0.29) is 24.2 Å². The van der Waals surface area contributed by atoms with Gasteiger partial charge in [0.05, 0.1) is 0 Å². The summed E-state index contributed by atoms with van der Waals surface area (Å²) < 4.78 is 39.4. The predicted octanol–water partition coefficient (Wildman–Crippen LogP) is 3.42. The van der Waals surface area contributed by atoms with Crippen LogP contribution in [0.3, 0.4) is 0 Å². The van der Waals surface area contributed by atoms with Crippen LogP contribution in [0.15, 0.2) is 24.3 Å². The summed E-state index contributed by atoms with van der Waals surface area (Å²) in [5, 5.41) is 0. The van der Waals surface area contributed by atoms with Crippen LogP contribution in [-0.2, 0) is 0 Å². The second-order valence-electron chi connectivity index (χ2n) is 3.98. The maximum absolute atomic E-state index is 11.9. The molecule has 2 N–H and O–H groups in total. The maximum atomic E-state index is 11.9. The molecule has 96 valence electrons. The molecule has 0 amide bonds. The Morgan fingerprint density at radius 3 is 2.12 bits per heavy atom. The van der Waals surface area contributed by atoms with Crippen molar-refractivity contribution in [2.24, 2.45) is 11.7 Å². The van der Waals surface area contributed by atoms with E-state index in [9.17, 15) is 13.2 Å². The highest BCUT2D eigenvalue weighted by molar-refractivity contribution is 5.85. The van der Waals surface area contributed by atoms with E-state index in [1.807, 2.05) is 0 Å². The fraction of sp³-hybridized carbons (Fsp3) is 0.455. The highest BCUT2D eigenvalue weighted by Gasteiger charge is 2.32. The summed E-state index contributed by atoms with van der Waals surface area (Å²) in [4.78, 5) is 0. The highest BCUT2D eigenvalue weighted by atomic mass is 35.5. The van der Waals surface area contributed by atoms with Gasteiger partial charge in [-0.25, -0.2) is 0 Å². The minimum atomic E-state index is -4.64. The summed E-state index contributed by atoms with van der Waals surface area (Å²) >= 11 is 0. The second-order valence-corrected chi connectivity index (χ2v) is 3.98. The van der Waals surface area contributed by atoms with Crippen LogP contribution in [0.4, 0.5) is 13.2 Å². The van der Waals surface area contributed by atoms with Crippen LogP contribution in [0, 0.1) is 5.92 Å². The van der Waals surface area contributed by atoms with E-state index >= 15 is 0 Å². The monoisotopic (exact) mass is 267 g/mol. The largest absolute Gasteiger partial charge is 0.573 e. The van der Waals surface area contributed by atoms with Crippen LogP contribution in [0.5, 0.6) is 5.75 Å². The molecule has 2 nitrogen and oxygen atoms in total. The van der Waals surface area contributed by atoms with Crippen molar-refractivity contribution in [1.82, 2.24) is 0 Å². The van der Waals surface area contributed by atoms with Crippen LogP contribution >= 0.6 is 12.4 Å². The number of benzene rings is 1. The van der Waals surface area contributed by atoms with Gasteiger partial charge in [-0.3, -0.25) is 0 Å². The lowest BCUT2D eigenvalue weighted by Gasteiger charge is -2.12. The first-order valence-electron chi connectivity index (χ1n) is 5.07. The summed E-state index contributed by atoms with van der Waals surface area (Å²) in [6.45, 7) is 0. The average Bonchev–Trinajstić information content (AvgIpc) is 2.98. The molecule has 1 aliphatic rings. The molecule has 0 aromatic heterocycles. The molecule has 17 heavy (non-hydrogen) atoms. The summed E-state index contributed by atoms with van der Waals surface area (Å²) in [5.74, 6) is 0.272. The van der Waals surface area contributed by atoms with Crippen molar-refractivity contribution in [3.05, 3.63) is 29.8 Å². The van der Waals surface area contributed by atoms with Crippen LogP contribution in [0.2, 0.25) is 0 Å². The molecule has 2 rings (SSSR count). The fourth-order valence-electron chi connectivity index (χ4n) is 1.62. The Morgan fingerprint density at radius 2 is 1.71 bits per heavy atom. The molecule has 1 aromatic carbocycles. The minimum Gasteiger partial charge on any atom is -0.406 e. The fourth-order valence-corrected chi connectivity index (χ4v) is 1.62. The molecule has 1 fully saturated rings. The molecule has 0 saturated heterocycles. The van der Waals surface area contributed by atoms with Gasteiger partial charge in [-0.1, -0.05) is 12.1 Å². The van der Waals surface area contributed by atoms with E-state index in [0.29, 0.717) is 5.92 Å². The summed E-state index contributed by atoms with van der Waals surface area (Å²) in [7, 11) is 0. The molecular formula is C11H13ClF3NO. The third kappa shape index (κ3) is 4.09. The first-order chi connectivity index (χ1) is 7.46. The molecule has 0 heterocycles. The Bertz CT molecular complexity index is 362. The van der Waals surface area contributed by atoms with Gasteiger partial charge in [0.1, 0.15) is 5.75 Å². The van der Waals surface area contributed by atoms with Crippen LogP contribution in [-0.4, -0.2) is 6.36 Å². The van der Waals surface area contributed by atoms with Crippen molar-refractivity contribution in [3.63, 3.8) is 0 Å². The van der Waals surface area contributed by atoms with Gasteiger partial charge in [0.15, 0.2) is 0 Å². The van der Waals surface area contributed by atoms with Gasteiger partial charge in [0.2, 0.25) is 0 Å². The van der Waals surface area contributed by atoms with E-state index in [0.717, 1.165) is 18.4 Å². The van der Waals surface area contributed by atoms with Crippen molar-refractivity contribution in [1.29, 1.82) is 0 Å².